The van der Waals surface area contributed by atoms with Crippen molar-refractivity contribution < 1.29 is 9.53 Å². The quantitative estimate of drug-likeness (QED) is 0.377. The third kappa shape index (κ3) is 4.55. The molecular formula is C30H32N8O3. The number of rotatable bonds is 2. The standard InChI is InChI=1S/C30H32N8O3/c1-30(2)11-4-5-12-37-28(40)22-15-31-29(32-21-7-6-19-10-13-35(3)16-20(19)14-21)34-26(22)38(37)24-9-8-23-27(33-24)36(18-30)25(39)17-41-23/h4-9,14-15H,10-13,16-18H2,1-3H3,(H,31,32,34)/b5-4-. The number of pyridine rings is 1. The van der Waals surface area contributed by atoms with Gasteiger partial charge in [0.25, 0.3) is 11.5 Å². The van der Waals surface area contributed by atoms with Crippen LogP contribution in [0.4, 0.5) is 17.5 Å². The van der Waals surface area contributed by atoms with Crippen LogP contribution in [0, 0.1) is 5.41 Å². The van der Waals surface area contributed by atoms with Gasteiger partial charge in [0.1, 0.15) is 5.39 Å². The van der Waals surface area contributed by atoms with Gasteiger partial charge in [-0.3, -0.25) is 14.5 Å². The molecule has 11 heteroatoms. The van der Waals surface area contributed by atoms with E-state index in [4.69, 9.17) is 14.7 Å². The minimum Gasteiger partial charge on any atom is -0.480 e. The third-order valence-corrected chi connectivity index (χ3v) is 7.99. The van der Waals surface area contributed by atoms with Gasteiger partial charge in [0.2, 0.25) is 5.95 Å². The molecule has 0 radical (unpaired) electrons. The first-order valence-corrected chi connectivity index (χ1v) is 13.9. The zero-order valence-electron chi connectivity index (χ0n) is 23.4. The van der Waals surface area contributed by atoms with E-state index in [0.717, 1.165) is 31.6 Å². The lowest BCUT2D eigenvalue weighted by Gasteiger charge is -2.35. The van der Waals surface area contributed by atoms with Crippen molar-refractivity contribution in [2.24, 2.45) is 5.41 Å². The van der Waals surface area contributed by atoms with E-state index in [1.54, 1.807) is 32.6 Å². The van der Waals surface area contributed by atoms with Crippen molar-refractivity contribution in [2.75, 3.05) is 37.0 Å². The first-order chi connectivity index (χ1) is 19.8. The van der Waals surface area contributed by atoms with Gasteiger partial charge in [-0.15, -0.1) is 0 Å². The molecule has 4 aromatic rings. The van der Waals surface area contributed by atoms with Gasteiger partial charge < -0.3 is 15.0 Å². The fourth-order valence-electron chi connectivity index (χ4n) is 5.81. The summed E-state index contributed by atoms with van der Waals surface area (Å²) < 4.78 is 9.03. The Labute approximate surface area is 237 Å². The maximum Gasteiger partial charge on any atom is 0.278 e. The van der Waals surface area contributed by atoms with E-state index in [1.165, 1.54) is 11.1 Å². The second-order valence-electron chi connectivity index (χ2n) is 11.8. The van der Waals surface area contributed by atoms with E-state index >= 15 is 0 Å². The fourth-order valence-corrected chi connectivity index (χ4v) is 5.81. The molecule has 1 N–H and O–H groups in total. The highest BCUT2D eigenvalue weighted by molar-refractivity contribution is 5.97. The highest BCUT2D eigenvalue weighted by Crippen LogP contribution is 2.35. The van der Waals surface area contributed by atoms with Crippen LogP contribution < -0.4 is 20.5 Å². The number of aromatic nitrogens is 5. The van der Waals surface area contributed by atoms with Gasteiger partial charge in [0.15, 0.2) is 29.6 Å². The van der Waals surface area contributed by atoms with Crippen LogP contribution in [0.15, 0.2) is 53.5 Å². The summed E-state index contributed by atoms with van der Waals surface area (Å²) in [5.41, 5.74) is 3.54. The van der Waals surface area contributed by atoms with Crippen molar-refractivity contribution >= 4 is 34.4 Å². The summed E-state index contributed by atoms with van der Waals surface area (Å²) in [5, 5.41) is 3.71. The molecule has 6 heterocycles. The molecule has 210 valence electrons. The smallest absolute Gasteiger partial charge is 0.278 e. The summed E-state index contributed by atoms with van der Waals surface area (Å²) in [6.07, 6.45) is 7.37. The largest absolute Gasteiger partial charge is 0.480 e. The third-order valence-electron chi connectivity index (χ3n) is 7.99. The number of nitrogens with one attached hydrogen (secondary N) is 1. The van der Waals surface area contributed by atoms with Crippen molar-refractivity contribution in [3.8, 4) is 11.6 Å². The minimum absolute atomic E-state index is 0.0294. The Hall–Kier alpha value is -4.51. The maximum atomic E-state index is 13.6. The highest BCUT2D eigenvalue weighted by atomic mass is 16.5. The summed E-state index contributed by atoms with van der Waals surface area (Å²) in [7, 11) is 2.12. The van der Waals surface area contributed by atoms with E-state index in [-0.39, 0.29) is 23.5 Å². The molecule has 0 fully saturated rings. The van der Waals surface area contributed by atoms with E-state index in [9.17, 15) is 9.59 Å². The lowest BCUT2D eigenvalue weighted by molar-refractivity contribution is -0.121. The molecule has 0 atom stereocenters. The topological polar surface area (TPSA) is 110 Å². The Morgan fingerprint density at radius 1 is 1.05 bits per heavy atom. The molecule has 1 amide bonds. The molecule has 2 bridgehead atoms. The summed E-state index contributed by atoms with van der Waals surface area (Å²) >= 11 is 0. The summed E-state index contributed by atoms with van der Waals surface area (Å²) in [5.74, 6) is 1.69. The molecule has 0 spiro atoms. The summed E-state index contributed by atoms with van der Waals surface area (Å²) in [6, 6.07) is 9.92. The number of fused-ring (bicyclic) bond motifs is 6. The van der Waals surface area contributed by atoms with Crippen molar-refractivity contribution in [3.05, 3.63) is 70.2 Å². The van der Waals surface area contributed by atoms with Crippen LogP contribution in [0.1, 0.15) is 31.4 Å². The van der Waals surface area contributed by atoms with E-state index in [0.29, 0.717) is 47.5 Å². The van der Waals surface area contributed by atoms with Crippen molar-refractivity contribution in [2.45, 2.75) is 39.8 Å². The molecule has 3 aromatic heterocycles. The average molecular weight is 553 g/mol. The second-order valence-corrected chi connectivity index (χ2v) is 11.8. The molecule has 0 unspecified atom stereocenters. The number of nitrogens with zero attached hydrogens (tertiary/aromatic N) is 7. The Kier molecular flexibility index (Phi) is 5.93. The predicted molar refractivity (Wildman–Crippen MR) is 156 cm³/mol. The molecular weight excluding hydrogens is 520 g/mol. The van der Waals surface area contributed by atoms with Gasteiger partial charge in [-0.1, -0.05) is 32.1 Å². The number of allylic oxidation sites excluding steroid dienone is 2. The number of anilines is 3. The highest BCUT2D eigenvalue weighted by Gasteiger charge is 2.33. The first-order valence-electron chi connectivity index (χ1n) is 13.9. The normalized spacial score (nSPS) is 19.0. The van der Waals surface area contributed by atoms with Crippen LogP contribution >= 0.6 is 0 Å². The second kappa shape index (κ2) is 9.55. The molecule has 1 aromatic carbocycles. The summed E-state index contributed by atoms with van der Waals surface area (Å²) in [6.45, 7) is 6.98. The van der Waals surface area contributed by atoms with E-state index in [2.05, 4.69) is 54.3 Å². The maximum absolute atomic E-state index is 13.6. The van der Waals surface area contributed by atoms with Crippen LogP contribution in [-0.2, 0) is 24.3 Å². The number of carbonyl (C=O) groups excluding carboxylic acids is 1. The van der Waals surface area contributed by atoms with Crippen LogP contribution in [0.25, 0.3) is 16.9 Å². The molecule has 0 aliphatic carbocycles. The van der Waals surface area contributed by atoms with Gasteiger partial charge in [-0.25, -0.2) is 19.3 Å². The van der Waals surface area contributed by atoms with E-state index < -0.39 is 0 Å². The number of hydrogen-bond acceptors (Lipinski definition) is 8. The predicted octanol–water partition coefficient (Wildman–Crippen LogP) is 3.42. The number of hydrogen-bond donors (Lipinski definition) is 1. The molecule has 41 heavy (non-hydrogen) atoms. The van der Waals surface area contributed by atoms with Crippen molar-refractivity contribution in [1.82, 2.24) is 29.2 Å². The monoisotopic (exact) mass is 552 g/mol. The number of amides is 1. The van der Waals surface area contributed by atoms with Crippen LogP contribution in [-0.4, -0.2) is 61.9 Å². The van der Waals surface area contributed by atoms with Crippen molar-refractivity contribution in [3.63, 3.8) is 0 Å². The number of benzene rings is 1. The first kappa shape index (κ1) is 25.5. The fraction of sp³-hybridized carbons (Fsp3) is 0.367. The Morgan fingerprint density at radius 2 is 1.93 bits per heavy atom. The Morgan fingerprint density at radius 3 is 2.80 bits per heavy atom. The van der Waals surface area contributed by atoms with Crippen molar-refractivity contribution in [1.29, 1.82) is 0 Å². The minimum atomic E-state index is -0.215. The van der Waals surface area contributed by atoms with Crippen LogP contribution in [0.3, 0.4) is 0 Å². The number of ether oxygens (including phenoxy) is 1. The van der Waals surface area contributed by atoms with Gasteiger partial charge in [0.05, 0.1) is 6.54 Å². The van der Waals surface area contributed by atoms with Crippen LogP contribution in [0.5, 0.6) is 5.75 Å². The molecule has 3 aliphatic rings. The lowest BCUT2D eigenvalue weighted by atomic mass is 9.88. The zero-order valence-corrected chi connectivity index (χ0v) is 23.4. The van der Waals surface area contributed by atoms with Crippen LogP contribution in [0.2, 0.25) is 0 Å². The number of carbonyl (C=O) groups is 1. The molecule has 0 saturated carbocycles. The van der Waals surface area contributed by atoms with Gasteiger partial charge >= 0.3 is 0 Å². The molecule has 7 rings (SSSR count). The zero-order chi connectivity index (χ0) is 28.3. The van der Waals surface area contributed by atoms with Gasteiger partial charge in [-0.05, 0) is 60.7 Å². The molecule has 11 nitrogen and oxygen atoms in total. The molecule has 3 aliphatic heterocycles. The Balaban J connectivity index is 1.35. The summed E-state index contributed by atoms with van der Waals surface area (Å²) in [4.78, 5) is 44.7. The van der Waals surface area contributed by atoms with Gasteiger partial charge in [0, 0.05) is 31.5 Å². The Bertz CT molecular complexity index is 1790. The SMILES string of the molecule is CN1CCc2ccc(Nc3ncc4c(=O)n5n(c4n3)-c3ccc4c(n3)N(CC(C)(C)C/C=C\C5)C(=O)CO4)cc2C1. The van der Waals surface area contributed by atoms with Gasteiger partial charge in [-0.2, -0.15) is 4.98 Å². The lowest BCUT2D eigenvalue weighted by Crippen LogP contribution is -2.44. The molecule has 0 saturated heterocycles. The van der Waals surface area contributed by atoms with E-state index in [1.807, 2.05) is 12.1 Å². The average Bonchev–Trinajstić information content (AvgIpc) is 3.22. The number of likely N-dealkylation sites (N-methyl/N-ethyl adjacent to an activating group) is 1.